The third kappa shape index (κ3) is 5.06. The van der Waals surface area contributed by atoms with E-state index in [1.165, 1.54) is 4.90 Å². The van der Waals surface area contributed by atoms with Crippen molar-refractivity contribution in [2.45, 2.75) is 13.8 Å². The number of carbonyl (C=O) groups excluding carboxylic acids is 2. The Bertz CT molecular complexity index is 824. The second kappa shape index (κ2) is 8.35. The summed E-state index contributed by atoms with van der Waals surface area (Å²) in [5.74, 6) is 1.84. The maximum absolute atomic E-state index is 12.0. The largest absolute Gasteiger partial charge is 0.448 e. The summed E-state index contributed by atoms with van der Waals surface area (Å²) < 4.78 is 4.80. The number of rotatable bonds is 7. The van der Waals surface area contributed by atoms with E-state index in [1.807, 2.05) is 32.0 Å². The number of ether oxygens (including phenoxy) is 1. The van der Waals surface area contributed by atoms with Crippen LogP contribution in [0.3, 0.4) is 0 Å². The fourth-order valence-corrected chi connectivity index (χ4v) is 2.63. The third-order valence-corrected chi connectivity index (χ3v) is 3.82. The highest BCUT2D eigenvalue weighted by Crippen LogP contribution is 2.19. The molecular formula is C18H22N6O3. The van der Waals surface area contributed by atoms with Crippen molar-refractivity contribution in [1.29, 1.82) is 0 Å². The molecule has 0 saturated carbocycles. The summed E-state index contributed by atoms with van der Waals surface area (Å²) >= 11 is 0. The van der Waals surface area contributed by atoms with E-state index in [1.54, 1.807) is 12.1 Å². The van der Waals surface area contributed by atoms with Crippen LogP contribution in [0.5, 0.6) is 0 Å². The summed E-state index contributed by atoms with van der Waals surface area (Å²) in [5.41, 5.74) is 1.47. The van der Waals surface area contributed by atoms with Crippen LogP contribution < -0.4 is 16.0 Å². The predicted octanol–water partition coefficient (Wildman–Crippen LogP) is 2.35. The summed E-state index contributed by atoms with van der Waals surface area (Å²) in [5, 5.41) is 9.14. The predicted molar refractivity (Wildman–Crippen MR) is 102 cm³/mol. The standard InChI is InChI=1S/C18H22N6O3/c1-3-19-15-10-16(21-12(2)20-15)22-13-4-6-14(7-5-13)23-17(25)11-24-8-9-27-18(24)26/h4-7,10H,3,8-9,11H2,1-2H3,(H,23,25)(H2,19,20,21,22). The van der Waals surface area contributed by atoms with Gasteiger partial charge in [0.15, 0.2) is 0 Å². The first-order valence-corrected chi connectivity index (χ1v) is 8.71. The molecule has 3 rings (SSSR count). The molecule has 2 heterocycles. The van der Waals surface area contributed by atoms with Crippen LogP contribution in [-0.4, -0.2) is 53.1 Å². The molecule has 9 nitrogen and oxygen atoms in total. The molecule has 1 aromatic carbocycles. The molecule has 1 aliphatic rings. The fraction of sp³-hybridized carbons (Fsp3) is 0.333. The Morgan fingerprint density at radius 1 is 1.19 bits per heavy atom. The lowest BCUT2D eigenvalue weighted by Gasteiger charge is -2.13. The van der Waals surface area contributed by atoms with Crippen LogP contribution in [0.1, 0.15) is 12.7 Å². The number of carbonyl (C=O) groups is 2. The fourth-order valence-electron chi connectivity index (χ4n) is 2.63. The Morgan fingerprint density at radius 2 is 1.89 bits per heavy atom. The molecule has 3 N–H and O–H groups in total. The smallest absolute Gasteiger partial charge is 0.410 e. The molecular weight excluding hydrogens is 348 g/mol. The average Bonchev–Trinajstić information content (AvgIpc) is 3.01. The first-order chi connectivity index (χ1) is 13.0. The van der Waals surface area contributed by atoms with Crippen molar-refractivity contribution < 1.29 is 14.3 Å². The Hall–Kier alpha value is -3.36. The van der Waals surface area contributed by atoms with Gasteiger partial charge in [0.1, 0.15) is 30.6 Å². The minimum Gasteiger partial charge on any atom is -0.448 e. The molecule has 9 heteroatoms. The second-order valence-corrected chi connectivity index (χ2v) is 6.00. The van der Waals surface area contributed by atoms with Gasteiger partial charge < -0.3 is 20.7 Å². The Balaban J connectivity index is 1.58. The van der Waals surface area contributed by atoms with E-state index in [9.17, 15) is 9.59 Å². The van der Waals surface area contributed by atoms with Crippen LogP contribution >= 0.6 is 0 Å². The zero-order chi connectivity index (χ0) is 19.2. The van der Waals surface area contributed by atoms with E-state index in [-0.39, 0.29) is 12.5 Å². The molecule has 27 heavy (non-hydrogen) atoms. The van der Waals surface area contributed by atoms with Crippen LogP contribution in [0, 0.1) is 6.92 Å². The SMILES string of the molecule is CCNc1cc(Nc2ccc(NC(=O)CN3CCOC3=O)cc2)nc(C)n1. The minimum absolute atomic E-state index is 0.0216. The number of cyclic esters (lactones) is 1. The van der Waals surface area contributed by atoms with E-state index in [0.29, 0.717) is 30.5 Å². The molecule has 1 aliphatic heterocycles. The van der Waals surface area contributed by atoms with Gasteiger partial charge in [-0.25, -0.2) is 14.8 Å². The number of nitrogens with one attached hydrogen (secondary N) is 3. The van der Waals surface area contributed by atoms with Gasteiger partial charge in [-0.2, -0.15) is 0 Å². The molecule has 0 atom stereocenters. The van der Waals surface area contributed by atoms with Crippen molar-refractivity contribution in [1.82, 2.24) is 14.9 Å². The maximum Gasteiger partial charge on any atom is 0.410 e. The number of nitrogens with zero attached hydrogens (tertiary/aromatic N) is 3. The lowest BCUT2D eigenvalue weighted by molar-refractivity contribution is -0.116. The van der Waals surface area contributed by atoms with Crippen molar-refractivity contribution >= 4 is 35.0 Å². The molecule has 0 bridgehead atoms. The van der Waals surface area contributed by atoms with E-state index >= 15 is 0 Å². The highest BCUT2D eigenvalue weighted by Gasteiger charge is 2.23. The number of aromatic nitrogens is 2. The Morgan fingerprint density at radius 3 is 2.56 bits per heavy atom. The van der Waals surface area contributed by atoms with E-state index in [0.717, 1.165) is 18.1 Å². The van der Waals surface area contributed by atoms with Gasteiger partial charge in [0.05, 0.1) is 6.54 Å². The van der Waals surface area contributed by atoms with Gasteiger partial charge in [-0.1, -0.05) is 0 Å². The first kappa shape index (κ1) is 18.4. The summed E-state index contributed by atoms with van der Waals surface area (Å²) in [4.78, 5) is 33.4. The molecule has 2 aromatic rings. The number of benzene rings is 1. The van der Waals surface area contributed by atoms with Crippen LogP contribution in [0.4, 0.5) is 27.8 Å². The van der Waals surface area contributed by atoms with Crippen LogP contribution in [0.2, 0.25) is 0 Å². The summed E-state index contributed by atoms with van der Waals surface area (Å²) in [7, 11) is 0. The van der Waals surface area contributed by atoms with E-state index < -0.39 is 6.09 Å². The molecule has 2 amide bonds. The number of amides is 2. The number of hydrogen-bond acceptors (Lipinski definition) is 7. The van der Waals surface area contributed by atoms with Gasteiger partial charge in [-0.3, -0.25) is 9.69 Å². The van der Waals surface area contributed by atoms with Crippen molar-refractivity contribution in [3.63, 3.8) is 0 Å². The zero-order valence-corrected chi connectivity index (χ0v) is 15.3. The van der Waals surface area contributed by atoms with Crippen molar-refractivity contribution in [3.05, 3.63) is 36.2 Å². The number of aryl methyl sites for hydroxylation is 1. The quantitative estimate of drug-likeness (QED) is 0.686. The zero-order valence-electron chi connectivity index (χ0n) is 15.3. The van der Waals surface area contributed by atoms with Gasteiger partial charge in [-0.05, 0) is 38.1 Å². The molecule has 1 saturated heterocycles. The van der Waals surface area contributed by atoms with Gasteiger partial charge >= 0.3 is 6.09 Å². The molecule has 0 radical (unpaired) electrons. The summed E-state index contributed by atoms with van der Waals surface area (Å²) in [6, 6.07) is 9.07. The molecule has 0 aliphatic carbocycles. The van der Waals surface area contributed by atoms with E-state index in [4.69, 9.17) is 4.74 Å². The number of hydrogen-bond donors (Lipinski definition) is 3. The minimum atomic E-state index is -0.457. The van der Waals surface area contributed by atoms with Crippen LogP contribution in [-0.2, 0) is 9.53 Å². The Labute approximate surface area is 157 Å². The lowest BCUT2D eigenvalue weighted by Crippen LogP contribution is -2.33. The van der Waals surface area contributed by atoms with Crippen molar-refractivity contribution in [3.8, 4) is 0 Å². The molecule has 0 spiro atoms. The monoisotopic (exact) mass is 370 g/mol. The normalized spacial score (nSPS) is 13.3. The first-order valence-electron chi connectivity index (χ1n) is 8.71. The van der Waals surface area contributed by atoms with E-state index in [2.05, 4.69) is 25.9 Å². The molecule has 1 aromatic heterocycles. The van der Waals surface area contributed by atoms with Crippen molar-refractivity contribution in [2.75, 3.05) is 42.2 Å². The van der Waals surface area contributed by atoms with Crippen LogP contribution in [0.25, 0.3) is 0 Å². The van der Waals surface area contributed by atoms with Crippen molar-refractivity contribution in [2.24, 2.45) is 0 Å². The summed E-state index contributed by atoms with van der Waals surface area (Å²) in [6.45, 7) is 5.35. The molecule has 142 valence electrons. The van der Waals surface area contributed by atoms with Gasteiger partial charge in [0, 0.05) is 24.0 Å². The topological polar surface area (TPSA) is 108 Å². The number of anilines is 4. The lowest BCUT2D eigenvalue weighted by atomic mass is 10.2. The molecule has 1 fully saturated rings. The van der Waals surface area contributed by atoms with Crippen LogP contribution in [0.15, 0.2) is 30.3 Å². The van der Waals surface area contributed by atoms with Gasteiger partial charge in [-0.15, -0.1) is 0 Å². The average molecular weight is 370 g/mol. The highest BCUT2D eigenvalue weighted by atomic mass is 16.6. The highest BCUT2D eigenvalue weighted by molar-refractivity contribution is 5.94. The maximum atomic E-state index is 12.0. The third-order valence-electron chi connectivity index (χ3n) is 3.82. The van der Waals surface area contributed by atoms with Gasteiger partial charge in [0.2, 0.25) is 5.91 Å². The second-order valence-electron chi connectivity index (χ2n) is 6.00. The van der Waals surface area contributed by atoms with Gasteiger partial charge in [0.25, 0.3) is 0 Å². The molecule has 0 unspecified atom stereocenters. The summed E-state index contributed by atoms with van der Waals surface area (Å²) in [6.07, 6.45) is -0.457. The Kier molecular flexibility index (Phi) is 5.70.